The standard InChI is InChI=1S/C21H20N2O4/c1-13(2)27-16-10-8-15(9-11-16)12-17-19(24)22-21(26)23(20(17)25)18-7-5-4-6-14(18)3/h4-13H,1-3H3,(H,22,24,26)/b17-12+. The molecule has 1 fully saturated rings. The van der Waals surface area contributed by atoms with Crippen molar-refractivity contribution in [2.75, 3.05) is 4.90 Å². The van der Waals surface area contributed by atoms with Gasteiger partial charge in [-0.2, -0.15) is 0 Å². The van der Waals surface area contributed by atoms with Crippen LogP contribution in [0.25, 0.3) is 6.08 Å². The molecule has 1 N–H and O–H groups in total. The summed E-state index contributed by atoms with van der Waals surface area (Å²) < 4.78 is 5.58. The molecule has 0 bridgehead atoms. The summed E-state index contributed by atoms with van der Waals surface area (Å²) in [6.07, 6.45) is 1.52. The number of carbonyl (C=O) groups excluding carboxylic acids is 3. The van der Waals surface area contributed by atoms with Crippen LogP contribution in [0.3, 0.4) is 0 Å². The third-order valence-corrected chi connectivity index (χ3v) is 4.02. The fraction of sp³-hybridized carbons (Fsp3) is 0.190. The maximum absolute atomic E-state index is 12.9. The van der Waals surface area contributed by atoms with E-state index >= 15 is 0 Å². The molecule has 0 unspecified atom stereocenters. The zero-order valence-electron chi connectivity index (χ0n) is 15.4. The molecule has 3 rings (SSSR count). The molecule has 2 aromatic rings. The van der Waals surface area contributed by atoms with E-state index in [-0.39, 0.29) is 11.7 Å². The topological polar surface area (TPSA) is 75.7 Å². The molecule has 0 atom stereocenters. The molecule has 0 radical (unpaired) electrons. The van der Waals surface area contributed by atoms with Crippen molar-refractivity contribution in [2.24, 2.45) is 0 Å². The largest absolute Gasteiger partial charge is 0.491 e. The van der Waals surface area contributed by atoms with Crippen LogP contribution in [0.15, 0.2) is 54.1 Å². The van der Waals surface area contributed by atoms with Gasteiger partial charge in [-0.1, -0.05) is 30.3 Å². The van der Waals surface area contributed by atoms with Gasteiger partial charge in [0.15, 0.2) is 0 Å². The number of urea groups is 1. The lowest BCUT2D eigenvalue weighted by atomic mass is 10.1. The van der Waals surface area contributed by atoms with Gasteiger partial charge in [-0.15, -0.1) is 0 Å². The van der Waals surface area contributed by atoms with Crippen molar-refractivity contribution in [1.82, 2.24) is 5.32 Å². The molecular weight excluding hydrogens is 344 g/mol. The van der Waals surface area contributed by atoms with Crippen molar-refractivity contribution < 1.29 is 19.1 Å². The highest BCUT2D eigenvalue weighted by Crippen LogP contribution is 2.25. The monoisotopic (exact) mass is 364 g/mol. The van der Waals surface area contributed by atoms with Gasteiger partial charge in [0.25, 0.3) is 11.8 Å². The highest BCUT2D eigenvalue weighted by Gasteiger charge is 2.37. The van der Waals surface area contributed by atoms with Gasteiger partial charge in [-0.3, -0.25) is 14.9 Å². The maximum atomic E-state index is 12.9. The van der Waals surface area contributed by atoms with E-state index in [1.165, 1.54) is 6.08 Å². The Hall–Kier alpha value is -3.41. The molecular formula is C21H20N2O4. The first kappa shape index (κ1) is 18.4. The van der Waals surface area contributed by atoms with Gasteiger partial charge in [0.2, 0.25) is 0 Å². The second-order valence-corrected chi connectivity index (χ2v) is 6.48. The van der Waals surface area contributed by atoms with Crippen molar-refractivity contribution in [2.45, 2.75) is 26.9 Å². The number of anilines is 1. The Labute approximate surface area is 157 Å². The first-order chi connectivity index (χ1) is 12.9. The van der Waals surface area contributed by atoms with Crippen LogP contribution in [0.4, 0.5) is 10.5 Å². The number of benzene rings is 2. The van der Waals surface area contributed by atoms with E-state index in [4.69, 9.17) is 4.74 Å². The minimum absolute atomic E-state index is 0.0496. The van der Waals surface area contributed by atoms with Gasteiger partial charge in [0, 0.05) is 0 Å². The van der Waals surface area contributed by atoms with Gasteiger partial charge in [0.05, 0.1) is 11.8 Å². The third kappa shape index (κ3) is 3.89. The molecule has 1 saturated heterocycles. The van der Waals surface area contributed by atoms with E-state index in [2.05, 4.69) is 5.32 Å². The van der Waals surface area contributed by atoms with Crippen LogP contribution in [-0.4, -0.2) is 23.9 Å². The Morgan fingerprint density at radius 3 is 2.30 bits per heavy atom. The van der Waals surface area contributed by atoms with E-state index in [9.17, 15) is 14.4 Å². The quantitative estimate of drug-likeness (QED) is 0.666. The van der Waals surface area contributed by atoms with Gasteiger partial charge in [0.1, 0.15) is 11.3 Å². The summed E-state index contributed by atoms with van der Waals surface area (Å²) >= 11 is 0. The molecule has 1 aliphatic heterocycles. The number of hydrogen-bond donors (Lipinski definition) is 1. The molecule has 2 aromatic carbocycles. The molecule has 0 spiro atoms. The maximum Gasteiger partial charge on any atom is 0.335 e. The number of hydrogen-bond acceptors (Lipinski definition) is 4. The fourth-order valence-electron chi connectivity index (χ4n) is 2.77. The molecule has 0 aromatic heterocycles. The predicted octanol–water partition coefficient (Wildman–Crippen LogP) is 3.45. The van der Waals surface area contributed by atoms with Crippen molar-refractivity contribution >= 4 is 29.6 Å². The van der Waals surface area contributed by atoms with E-state index in [1.54, 1.807) is 49.4 Å². The van der Waals surface area contributed by atoms with Crippen molar-refractivity contribution in [3.63, 3.8) is 0 Å². The number of amides is 4. The van der Waals surface area contributed by atoms with Gasteiger partial charge in [-0.25, -0.2) is 9.69 Å². The van der Waals surface area contributed by atoms with Crippen molar-refractivity contribution in [3.05, 3.63) is 65.2 Å². The lowest BCUT2D eigenvalue weighted by Gasteiger charge is -2.27. The lowest BCUT2D eigenvalue weighted by Crippen LogP contribution is -2.54. The van der Waals surface area contributed by atoms with Crippen LogP contribution in [0.2, 0.25) is 0 Å². The molecule has 0 saturated carbocycles. The zero-order chi connectivity index (χ0) is 19.6. The molecule has 1 aliphatic rings. The van der Waals surface area contributed by atoms with Gasteiger partial charge in [-0.05, 0) is 56.2 Å². The zero-order valence-corrected chi connectivity index (χ0v) is 15.4. The number of barbiturate groups is 1. The number of aryl methyl sites for hydroxylation is 1. The minimum atomic E-state index is -0.753. The normalized spacial score (nSPS) is 16.1. The Balaban J connectivity index is 1.93. The minimum Gasteiger partial charge on any atom is -0.491 e. The Morgan fingerprint density at radius 2 is 1.67 bits per heavy atom. The van der Waals surface area contributed by atoms with Crippen LogP contribution in [0, 0.1) is 6.92 Å². The first-order valence-electron chi connectivity index (χ1n) is 8.60. The first-order valence-corrected chi connectivity index (χ1v) is 8.60. The Morgan fingerprint density at radius 1 is 1.00 bits per heavy atom. The number of imide groups is 2. The Bertz CT molecular complexity index is 929. The van der Waals surface area contributed by atoms with E-state index in [0.717, 1.165) is 10.5 Å². The van der Waals surface area contributed by atoms with Crippen LogP contribution in [0.5, 0.6) is 5.75 Å². The molecule has 6 heteroatoms. The van der Waals surface area contributed by atoms with Gasteiger partial charge < -0.3 is 4.74 Å². The summed E-state index contributed by atoms with van der Waals surface area (Å²) in [7, 11) is 0. The summed E-state index contributed by atoms with van der Waals surface area (Å²) in [6.45, 7) is 5.65. The smallest absolute Gasteiger partial charge is 0.335 e. The number of nitrogens with zero attached hydrogens (tertiary/aromatic N) is 1. The highest BCUT2D eigenvalue weighted by molar-refractivity contribution is 6.39. The second kappa shape index (κ2) is 7.45. The number of nitrogens with one attached hydrogen (secondary N) is 1. The number of rotatable bonds is 4. The summed E-state index contributed by atoms with van der Waals surface area (Å²) in [5.74, 6) is -0.666. The SMILES string of the molecule is Cc1ccccc1N1C(=O)NC(=O)/C(=C\c2ccc(OC(C)C)cc2)C1=O. The molecule has 27 heavy (non-hydrogen) atoms. The molecule has 138 valence electrons. The third-order valence-electron chi connectivity index (χ3n) is 4.02. The second-order valence-electron chi connectivity index (χ2n) is 6.48. The van der Waals surface area contributed by atoms with Gasteiger partial charge >= 0.3 is 6.03 Å². The lowest BCUT2D eigenvalue weighted by molar-refractivity contribution is -0.122. The fourth-order valence-corrected chi connectivity index (χ4v) is 2.77. The van der Waals surface area contributed by atoms with E-state index in [1.807, 2.05) is 19.9 Å². The highest BCUT2D eigenvalue weighted by atomic mass is 16.5. The molecule has 6 nitrogen and oxygen atoms in total. The summed E-state index contributed by atoms with van der Waals surface area (Å²) in [6, 6.07) is 13.3. The summed E-state index contributed by atoms with van der Waals surface area (Å²) in [5, 5.41) is 2.23. The number of ether oxygens (including phenoxy) is 1. The summed E-state index contributed by atoms with van der Waals surface area (Å²) in [4.78, 5) is 38.3. The molecule has 4 amide bonds. The van der Waals surface area contributed by atoms with Crippen LogP contribution in [-0.2, 0) is 9.59 Å². The van der Waals surface area contributed by atoms with Crippen LogP contribution < -0.4 is 15.0 Å². The number of carbonyl (C=O) groups is 3. The average Bonchev–Trinajstić information content (AvgIpc) is 2.61. The Kier molecular flexibility index (Phi) is 5.07. The van der Waals surface area contributed by atoms with Crippen LogP contribution >= 0.6 is 0 Å². The van der Waals surface area contributed by atoms with Crippen LogP contribution in [0.1, 0.15) is 25.0 Å². The van der Waals surface area contributed by atoms with Crippen molar-refractivity contribution in [1.29, 1.82) is 0 Å². The summed E-state index contributed by atoms with van der Waals surface area (Å²) in [5.41, 5.74) is 1.75. The molecule has 1 heterocycles. The number of para-hydroxylation sites is 1. The van der Waals surface area contributed by atoms with E-state index in [0.29, 0.717) is 17.0 Å². The predicted molar refractivity (Wildman–Crippen MR) is 102 cm³/mol. The van der Waals surface area contributed by atoms with Crippen molar-refractivity contribution in [3.8, 4) is 5.75 Å². The molecule has 0 aliphatic carbocycles. The average molecular weight is 364 g/mol. The van der Waals surface area contributed by atoms with E-state index < -0.39 is 17.8 Å².